The van der Waals surface area contributed by atoms with Gasteiger partial charge in [-0.15, -0.1) is 0 Å². The maximum Gasteiger partial charge on any atom is 0.271 e. The number of carbonyl (C=O) groups excluding carboxylic acids is 1. The van der Waals surface area contributed by atoms with Crippen molar-refractivity contribution in [1.82, 2.24) is 9.97 Å². The maximum atomic E-state index is 12.1. The second-order valence-corrected chi connectivity index (χ2v) is 9.57. The molecule has 11 heteroatoms. The van der Waals surface area contributed by atoms with E-state index in [1.807, 2.05) is 18.2 Å². The quantitative estimate of drug-likeness (QED) is 0.449. The summed E-state index contributed by atoms with van der Waals surface area (Å²) < 4.78 is 17.4. The van der Waals surface area contributed by atoms with E-state index < -0.39 is 11.7 Å². The molecular formula is C25H34N6O5. The van der Waals surface area contributed by atoms with Crippen LogP contribution in [0.25, 0.3) is 0 Å². The molecule has 5 N–H and O–H groups in total. The number of methoxy groups -OCH3 is 1. The van der Waals surface area contributed by atoms with Crippen LogP contribution in [0.4, 0.5) is 23.0 Å². The largest absolute Gasteiger partial charge is 0.495 e. The molecule has 2 saturated heterocycles. The van der Waals surface area contributed by atoms with E-state index in [0.717, 1.165) is 68.7 Å². The fourth-order valence-electron chi connectivity index (χ4n) is 5.18. The van der Waals surface area contributed by atoms with Gasteiger partial charge in [-0.3, -0.25) is 4.79 Å². The van der Waals surface area contributed by atoms with Gasteiger partial charge in [-0.05, 0) is 43.9 Å². The molecule has 0 bridgehead atoms. The molecule has 11 nitrogen and oxygen atoms in total. The molecule has 3 fully saturated rings. The van der Waals surface area contributed by atoms with Crippen LogP contribution in [-0.2, 0) is 9.47 Å². The molecule has 2 aliphatic heterocycles. The number of piperidine rings is 1. The van der Waals surface area contributed by atoms with E-state index in [1.54, 1.807) is 7.11 Å². The van der Waals surface area contributed by atoms with Crippen molar-refractivity contribution in [3.8, 4) is 5.75 Å². The number of rotatable bonds is 7. The van der Waals surface area contributed by atoms with Gasteiger partial charge in [0, 0.05) is 37.7 Å². The summed E-state index contributed by atoms with van der Waals surface area (Å²) >= 11 is 0. The molecule has 1 aromatic heterocycles. The van der Waals surface area contributed by atoms with Gasteiger partial charge in [0.05, 0.1) is 38.3 Å². The third-order valence-corrected chi connectivity index (χ3v) is 7.18. The number of carbonyl (C=O) groups is 1. The molecule has 1 aromatic carbocycles. The molecule has 3 heterocycles. The van der Waals surface area contributed by atoms with Crippen molar-refractivity contribution in [3.05, 3.63) is 30.1 Å². The fraction of sp³-hybridized carbons (Fsp3) is 0.560. The van der Waals surface area contributed by atoms with Gasteiger partial charge >= 0.3 is 0 Å². The highest BCUT2D eigenvalue weighted by Gasteiger charge is 2.40. The molecule has 1 amide bonds. The SMILES string of the molecule is COc1ccc(Nc2nc(NC3CCC(O)CC3)cnc2C(N)=O)cc1N1CCC2(CC1)OCCO2. The highest BCUT2D eigenvalue weighted by Crippen LogP contribution is 2.38. The normalized spacial score (nSPS) is 23.4. The smallest absolute Gasteiger partial charge is 0.271 e. The van der Waals surface area contributed by atoms with E-state index in [0.29, 0.717) is 19.0 Å². The average Bonchev–Trinajstić information content (AvgIpc) is 3.33. The lowest BCUT2D eigenvalue weighted by Crippen LogP contribution is -2.45. The summed E-state index contributed by atoms with van der Waals surface area (Å²) in [6, 6.07) is 5.92. The summed E-state index contributed by atoms with van der Waals surface area (Å²) in [5.74, 6) is 0.459. The molecule has 1 aliphatic carbocycles. The Labute approximate surface area is 210 Å². The van der Waals surface area contributed by atoms with E-state index in [1.165, 1.54) is 6.20 Å². The standard InChI is InChI=1S/C25H34N6O5/c1-34-20-7-4-17(14-19(20)31-10-8-25(9-11-31)35-12-13-36-25)29-24-22(23(26)33)27-15-21(30-24)28-16-2-5-18(32)6-3-16/h4,7,14-16,18,32H,2-3,5-6,8-13H2,1H3,(H2,26,33)(H2,28,29,30). The minimum Gasteiger partial charge on any atom is -0.495 e. The Bertz CT molecular complexity index is 1070. The van der Waals surface area contributed by atoms with Gasteiger partial charge in [0.25, 0.3) is 5.91 Å². The first kappa shape index (κ1) is 24.5. The number of ether oxygens (including phenoxy) is 3. The summed E-state index contributed by atoms with van der Waals surface area (Å²) in [5.41, 5.74) is 7.31. The van der Waals surface area contributed by atoms with Crippen LogP contribution in [0, 0.1) is 0 Å². The number of nitrogens with zero attached hydrogens (tertiary/aromatic N) is 3. The van der Waals surface area contributed by atoms with Crippen LogP contribution in [0.5, 0.6) is 5.75 Å². The number of aliphatic hydroxyl groups excluding tert-OH is 1. The second kappa shape index (κ2) is 10.5. The number of hydrogen-bond donors (Lipinski definition) is 4. The molecule has 0 atom stereocenters. The van der Waals surface area contributed by atoms with Crippen molar-refractivity contribution >= 4 is 28.9 Å². The molecule has 3 aliphatic rings. The van der Waals surface area contributed by atoms with Crippen molar-refractivity contribution in [2.75, 3.05) is 48.9 Å². The highest BCUT2D eigenvalue weighted by atomic mass is 16.7. The summed E-state index contributed by atoms with van der Waals surface area (Å²) in [5, 5.41) is 16.4. The first-order valence-electron chi connectivity index (χ1n) is 12.5. The summed E-state index contributed by atoms with van der Waals surface area (Å²) in [4.78, 5) is 23.2. The minimum atomic E-state index is -0.663. The van der Waals surface area contributed by atoms with Gasteiger partial charge in [0.2, 0.25) is 0 Å². The van der Waals surface area contributed by atoms with E-state index in [-0.39, 0.29) is 23.7 Å². The molecule has 36 heavy (non-hydrogen) atoms. The Morgan fingerprint density at radius 1 is 1.19 bits per heavy atom. The predicted molar refractivity (Wildman–Crippen MR) is 135 cm³/mol. The molecule has 194 valence electrons. The molecule has 0 radical (unpaired) electrons. The zero-order valence-corrected chi connectivity index (χ0v) is 20.5. The highest BCUT2D eigenvalue weighted by molar-refractivity contribution is 5.96. The number of hydrogen-bond acceptors (Lipinski definition) is 10. The van der Waals surface area contributed by atoms with Crippen molar-refractivity contribution in [2.45, 2.75) is 56.5 Å². The van der Waals surface area contributed by atoms with Crippen molar-refractivity contribution in [3.63, 3.8) is 0 Å². The number of primary amides is 1. The Morgan fingerprint density at radius 2 is 1.92 bits per heavy atom. The van der Waals surface area contributed by atoms with Crippen LogP contribution < -0.4 is 26.0 Å². The van der Waals surface area contributed by atoms with Crippen LogP contribution in [-0.4, -0.2) is 72.3 Å². The average molecular weight is 499 g/mol. The lowest BCUT2D eigenvalue weighted by molar-refractivity contribution is -0.169. The first-order valence-corrected chi connectivity index (χ1v) is 12.5. The maximum absolute atomic E-state index is 12.1. The van der Waals surface area contributed by atoms with Gasteiger partial charge in [0.1, 0.15) is 11.6 Å². The molecular weight excluding hydrogens is 464 g/mol. The fourth-order valence-corrected chi connectivity index (χ4v) is 5.18. The monoisotopic (exact) mass is 498 g/mol. The van der Waals surface area contributed by atoms with Crippen LogP contribution in [0.2, 0.25) is 0 Å². The van der Waals surface area contributed by atoms with Crippen LogP contribution in [0.1, 0.15) is 49.0 Å². The number of aromatic nitrogens is 2. The lowest BCUT2D eigenvalue weighted by atomic mass is 9.93. The molecule has 0 unspecified atom stereocenters. The topological polar surface area (TPSA) is 144 Å². The van der Waals surface area contributed by atoms with Crippen LogP contribution in [0.3, 0.4) is 0 Å². The Balaban J connectivity index is 1.35. The Morgan fingerprint density at radius 3 is 2.58 bits per heavy atom. The van der Waals surface area contributed by atoms with Gasteiger partial charge in [0.15, 0.2) is 17.3 Å². The number of aliphatic hydroxyl groups is 1. The number of nitrogens with one attached hydrogen (secondary N) is 2. The summed E-state index contributed by atoms with van der Waals surface area (Å²) in [7, 11) is 1.65. The second-order valence-electron chi connectivity index (χ2n) is 9.57. The molecule has 1 saturated carbocycles. The van der Waals surface area contributed by atoms with E-state index in [9.17, 15) is 9.90 Å². The molecule has 5 rings (SSSR count). The van der Waals surface area contributed by atoms with Gasteiger partial charge in [-0.25, -0.2) is 9.97 Å². The lowest BCUT2D eigenvalue weighted by Gasteiger charge is -2.39. The Kier molecular flexibility index (Phi) is 7.13. The Hall–Kier alpha value is -3.15. The van der Waals surface area contributed by atoms with Crippen molar-refractivity contribution in [1.29, 1.82) is 0 Å². The minimum absolute atomic E-state index is 0.0624. The van der Waals surface area contributed by atoms with Gasteiger partial charge < -0.3 is 40.6 Å². The number of benzene rings is 1. The zero-order valence-electron chi connectivity index (χ0n) is 20.5. The molecule has 1 spiro atoms. The third kappa shape index (κ3) is 5.32. The summed E-state index contributed by atoms with van der Waals surface area (Å²) in [6.45, 7) is 2.81. The molecule has 2 aromatic rings. The first-order chi connectivity index (χ1) is 17.4. The predicted octanol–water partition coefficient (Wildman–Crippen LogP) is 2.39. The van der Waals surface area contributed by atoms with E-state index >= 15 is 0 Å². The van der Waals surface area contributed by atoms with Crippen LogP contribution in [0.15, 0.2) is 24.4 Å². The van der Waals surface area contributed by atoms with Crippen LogP contribution >= 0.6 is 0 Å². The summed E-state index contributed by atoms with van der Waals surface area (Å²) in [6.07, 6.45) is 6.02. The van der Waals surface area contributed by atoms with Crippen molar-refractivity contribution < 1.29 is 24.1 Å². The van der Waals surface area contributed by atoms with E-state index in [2.05, 4.69) is 25.5 Å². The third-order valence-electron chi connectivity index (χ3n) is 7.18. The van der Waals surface area contributed by atoms with Gasteiger partial charge in [-0.2, -0.15) is 0 Å². The van der Waals surface area contributed by atoms with Gasteiger partial charge in [-0.1, -0.05) is 0 Å². The number of amides is 1. The zero-order chi connectivity index (χ0) is 25.1. The van der Waals surface area contributed by atoms with E-state index in [4.69, 9.17) is 19.9 Å². The number of anilines is 4. The van der Waals surface area contributed by atoms with Crippen molar-refractivity contribution in [2.24, 2.45) is 5.73 Å². The number of nitrogens with two attached hydrogens (primary N) is 1.